The lowest BCUT2D eigenvalue weighted by molar-refractivity contribution is 0.204. The molecule has 0 radical (unpaired) electrons. The lowest BCUT2D eigenvalue weighted by Crippen LogP contribution is -2.28. The Morgan fingerprint density at radius 3 is 1.73 bits per heavy atom. The average Bonchev–Trinajstić information content (AvgIpc) is 2.55. The molecule has 0 aliphatic heterocycles. The van der Waals surface area contributed by atoms with Crippen LogP contribution < -0.4 is 4.72 Å². The zero-order valence-corrected chi connectivity index (χ0v) is 16.7. The van der Waals surface area contributed by atoms with E-state index >= 15 is 0 Å². The van der Waals surface area contributed by atoms with E-state index in [1.165, 1.54) is 7.11 Å². The van der Waals surface area contributed by atoms with Crippen molar-refractivity contribution in [2.75, 3.05) is 20.3 Å². The molecule has 0 atom stereocenters. The lowest BCUT2D eigenvalue weighted by Gasteiger charge is -2.05. The maximum Gasteiger partial charge on any atom is 0.236 e. The highest BCUT2D eigenvalue weighted by Crippen LogP contribution is 2.08. The fraction of sp³-hybridized carbons (Fsp3) is 0.294. The van der Waals surface area contributed by atoms with Crippen molar-refractivity contribution in [2.45, 2.75) is 11.5 Å². The van der Waals surface area contributed by atoms with Gasteiger partial charge in [-0.25, -0.2) is 21.6 Å². The summed E-state index contributed by atoms with van der Waals surface area (Å²) >= 11 is 0. The molecule has 0 saturated carbocycles. The number of benzene rings is 2. The number of halogens is 1. The molecule has 0 saturated heterocycles. The molecule has 0 amide bonds. The van der Waals surface area contributed by atoms with E-state index in [0.717, 1.165) is 5.56 Å². The number of hydrogen-bond acceptors (Lipinski definition) is 5. The fourth-order valence-electron chi connectivity index (χ4n) is 1.92. The molecule has 2 aromatic carbocycles. The molecule has 0 bridgehead atoms. The molecule has 0 fully saturated rings. The highest BCUT2D eigenvalue weighted by atomic mass is 35.7. The van der Waals surface area contributed by atoms with Gasteiger partial charge in [0.2, 0.25) is 19.1 Å². The number of hydrogen-bond donors (Lipinski definition) is 1. The van der Waals surface area contributed by atoms with Crippen molar-refractivity contribution in [3.8, 4) is 0 Å². The monoisotopic (exact) mass is 419 g/mol. The van der Waals surface area contributed by atoms with Gasteiger partial charge in [0.1, 0.15) is 0 Å². The summed E-state index contributed by atoms with van der Waals surface area (Å²) in [7, 11) is -0.0687. The minimum atomic E-state index is -3.40. The maximum absolute atomic E-state index is 11.5. The Morgan fingerprint density at radius 2 is 1.31 bits per heavy atom. The van der Waals surface area contributed by atoms with Crippen LogP contribution in [0.1, 0.15) is 11.1 Å². The van der Waals surface area contributed by atoms with Gasteiger partial charge in [-0.1, -0.05) is 60.7 Å². The third-order valence-corrected chi connectivity index (χ3v) is 5.37. The first-order chi connectivity index (χ1) is 12.2. The number of ether oxygens (including phenoxy) is 1. The molecular formula is C17H22ClNO5S2. The SMILES string of the molecule is COCCNS(=O)(=O)Cc1ccccc1.O=S(=O)(Cl)Cc1ccccc1. The van der Waals surface area contributed by atoms with E-state index in [1.54, 1.807) is 36.4 Å². The number of sulfonamides is 1. The van der Waals surface area contributed by atoms with Crippen molar-refractivity contribution in [3.05, 3.63) is 71.8 Å². The van der Waals surface area contributed by atoms with E-state index in [0.29, 0.717) is 18.7 Å². The summed E-state index contributed by atoms with van der Waals surface area (Å²) in [6, 6.07) is 17.9. The molecule has 144 valence electrons. The number of rotatable bonds is 8. The van der Waals surface area contributed by atoms with Gasteiger partial charge >= 0.3 is 0 Å². The maximum atomic E-state index is 11.5. The first kappa shape index (κ1) is 22.6. The van der Waals surface area contributed by atoms with Crippen molar-refractivity contribution in [3.63, 3.8) is 0 Å². The summed E-state index contributed by atoms with van der Waals surface area (Å²) in [4.78, 5) is 0. The largest absolute Gasteiger partial charge is 0.383 e. The standard InChI is InChI=1S/C10H15NO3S.C7H7ClO2S/c1-14-8-7-11-15(12,13)9-10-5-3-2-4-6-10;8-11(9,10)6-7-4-2-1-3-5-7/h2-6,11H,7-9H2,1H3;1-5H,6H2. The van der Waals surface area contributed by atoms with Crippen LogP contribution in [0.2, 0.25) is 0 Å². The van der Waals surface area contributed by atoms with E-state index in [-0.39, 0.29) is 11.5 Å². The van der Waals surface area contributed by atoms with E-state index in [1.807, 2.05) is 24.3 Å². The summed E-state index contributed by atoms with van der Waals surface area (Å²) < 4.78 is 51.4. The highest BCUT2D eigenvalue weighted by molar-refractivity contribution is 8.13. The van der Waals surface area contributed by atoms with Crippen molar-refractivity contribution in [2.24, 2.45) is 0 Å². The van der Waals surface area contributed by atoms with Crippen LogP contribution in [0.25, 0.3) is 0 Å². The topological polar surface area (TPSA) is 89.5 Å². The van der Waals surface area contributed by atoms with E-state index < -0.39 is 19.1 Å². The predicted octanol–water partition coefficient (Wildman–Crippen LogP) is 2.51. The highest BCUT2D eigenvalue weighted by Gasteiger charge is 2.09. The van der Waals surface area contributed by atoms with Crippen LogP contribution in [0, 0.1) is 0 Å². The molecule has 26 heavy (non-hydrogen) atoms. The van der Waals surface area contributed by atoms with Gasteiger partial charge in [-0.3, -0.25) is 0 Å². The molecular weight excluding hydrogens is 398 g/mol. The van der Waals surface area contributed by atoms with Gasteiger partial charge in [0.25, 0.3) is 0 Å². The Bertz CT molecular complexity index is 841. The van der Waals surface area contributed by atoms with E-state index in [4.69, 9.17) is 15.4 Å². The predicted molar refractivity (Wildman–Crippen MR) is 104 cm³/mol. The Labute approximate surface area is 159 Å². The summed E-state index contributed by atoms with van der Waals surface area (Å²) in [5.41, 5.74) is 1.49. The average molecular weight is 420 g/mol. The molecule has 1 N–H and O–H groups in total. The van der Waals surface area contributed by atoms with Crippen molar-refractivity contribution < 1.29 is 21.6 Å². The number of nitrogens with one attached hydrogen (secondary N) is 1. The molecule has 9 heteroatoms. The van der Waals surface area contributed by atoms with Crippen LogP contribution >= 0.6 is 10.7 Å². The van der Waals surface area contributed by atoms with Gasteiger partial charge in [-0.2, -0.15) is 0 Å². The van der Waals surface area contributed by atoms with Gasteiger partial charge in [-0.05, 0) is 11.1 Å². The first-order valence-corrected chi connectivity index (χ1v) is 11.8. The zero-order valence-electron chi connectivity index (χ0n) is 14.3. The van der Waals surface area contributed by atoms with Gasteiger partial charge < -0.3 is 4.74 Å². The van der Waals surface area contributed by atoms with E-state index in [9.17, 15) is 16.8 Å². The second kappa shape index (κ2) is 11.3. The smallest absolute Gasteiger partial charge is 0.236 e. The summed E-state index contributed by atoms with van der Waals surface area (Å²) in [5.74, 6) is -0.0903. The molecule has 2 aromatic rings. The molecule has 0 unspecified atom stereocenters. The zero-order chi connectivity index (χ0) is 19.5. The number of methoxy groups -OCH3 is 1. The third kappa shape index (κ3) is 11.2. The lowest BCUT2D eigenvalue weighted by atomic mass is 10.2. The van der Waals surface area contributed by atoms with Crippen LogP contribution in [-0.2, 0) is 35.3 Å². The van der Waals surface area contributed by atoms with Gasteiger partial charge in [0.15, 0.2) is 0 Å². The van der Waals surface area contributed by atoms with Crippen LogP contribution in [0.5, 0.6) is 0 Å². The Morgan fingerprint density at radius 1 is 0.846 bits per heavy atom. The second-order valence-corrected chi connectivity index (χ2v) is 9.88. The minimum Gasteiger partial charge on any atom is -0.383 e. The summed E-state index contributed by atoms with van der Waals surface area (Å²) in [6.45, 7) is 0.694. The van der Waals surface area contributed by atoms with Crippen molar-refractivity contribution in [1.29, 1.82) is 0 Å². The molecule has 2 rings (SSSR count). The van der Waals surface area contributed by atoms with Gasteiger partial charge in [0, 0.05) is 24.3 Å². The third-order valence-electron chi connectivity index (χ3n) is 3.01. The van der Waals surface area contributed by atoms with Crippen LogP contribution in [0.15, 0.2) is 60.7 Å². The summed E-state index contributed by atoms with van der Waals surface area (Å²) in [6.07, 6.45) is 0. The molecule has 0 heterocycles. The normalized spacial score (nSPS) is 11.5. The summed E-state index contributed by atoms with van der Waals surface area (Å²) in [5, 5.41) is 0. The second-order valence-electron chi connectivity index (χ2n) is 5.30. The molecule has 0 aromatic heterocycles. The Kier molecular flexibility index (Phi) is 9.82. The quantitative estimate of drug-likeness (QED) is 0.524. The van der Waals surface area contributed by atoms with Gasteiger partial charge in [-0.15, -0.1) is 0 Å². The van der Waals surface area contributed by atoms with E-state index in [2.05, 4.69) is 4.72 Å². The van der Waals surface area contributed by atoms with Crippen LogP contribution in [0.3, 0.4) is 0 Å². The van der Waals surface area contributed by atoms with Gasteiger partial charge in [0.05, 0.1) is 18.1 Å². The minimum absolute atomic E-state index is 0.0115. The molecule has 0 spiro atoms. The van der Waals surface area contributed by atoms with Crippen molar-refractivity contribution >= 4 is 29.8 Å². The van der Waals surface area contributed by atoms with Crippen LogP contribution in [-0.4, -0.2) is 37.1 Å². The fourth-order valence-corrected chi connectivity index (χ4v) is 4.01. The Hall–Kier alpha value is -1.45. The molecule has 0 aliphatic carbocycles. The first-order valence-electron chi connectivity index (χ1n) is 7.68. The van der Waals surface area contributed by atoms with Crippen LogP contribution in [0.4, 0.5) is 0 Å². The molecule has 6 nitrogen and oxygen atoms in total. The molecule has 0 aliphatic rings. The Balaban J connectivity index is 0.000000273. The van der Waals surface area contributed by atoms with Crippen molar-refractivity contribution in [1.82, 2.24) is 4.72 Å².